The topological polar surface area (TPSA) is 97.7 Å². The fourth-order valence-corrected chi connectivity index (χ4v) is 2.01. The molecule has 3 aromatic rings. The van der Waals surface area contributed by atoms with E-state index in [-0.39, 0.29) is 0 Å². The highest BCUT2D eigenvalue weighted by atomic mass is 16.5. The molecule has 0 aliphatic heterocycles. The van der Waals surface area contributed by atoms with Crippen molar-refractivity contribution in [1.82, 2.24) is 24.9 Å². The Morgan fingerprint density at radius 3 is 2.74 bits per heavy atom. The Kier molecular flexibility index (Phi) is 4.85. The molecule has 0 radical (unpaired) electrons. The Labute approximate surface area is 133 Å². The summed E-state index contributed by atoms with van der Waals surface area (Å²) < 4.78 is 5.05. The Bertz CT molecular complexity index is 766. The Balaban J connectivity index is 1.82. The third kappa shape index (κ3) is 3.86. The van der Waals surface area contributed by atoms with E-state index in [2.05, 4.69) is 35.6 Å². The van der Waals surface area contributed by atoms with Crippen LogP contribution in [0.5, 0.6) is 0 Å². The van der Waals surface area contributed by atoms with Crippen molar-refractivity contribution in [1.29, 1.82) is 0 Å². The quantitative estimate of drug-likeness (QED) is 0.633. The molecular weight excluding hydrogens is 294 g/mol. The molecule has 0 saturated carbocycles. The summed E-state index contributed by atoms with van der Waals surface area (Å²) >= 11 is 0. The summed E-state index contributed by atoms with van der Waals surface area (Å²) in [5.74, 6) is 1.10. The van der Waals surface area contributed by atoms with Gasteiger partial charge in [0.25, 0.3) is 0 Å². The van der Waals surface area contributed by atoms with Crippen LogP contribution in [0.15, 0.2) is 36.8 Å². The minimum absolute atomic E-state index is 0.476. The van der Waals surface area contributed by atoms with Crippen molar-refractivity contribution in [3.05, 3.63) is 42.5 Å². The van der Waals surface area contributed by atoms with Crippen molar-refractivity contribution < 1.29 is 4.74 Å². The molecule has 0 bridgehead atoms. The number of hydrogen-bond donors (Lipinski definition) is 2. The van der Waals surface area contributed by atoms with Gasteiger partial charge in [-0.3, -0.25) is 4.98 Å². The lowest BCUT2D eigenvalue weighted by atomic mass is 10.3. The van der Waals surface area contributed by atoms with Crippen LogP contribution in [0.2, 0.25) is 0 Å². The first-order valence-electron chi connectivity index (χ1n) is 7.22. The van der Waals surface area contributed by atoms with E-state index in [0.717, 1.165) is 5.69 Å². The number of hydrogen-bond acceptors (Lipinski definition) is 8. The molecule has 0 amide bonds. The van der Waals surface area contributed by atoms with Crippen LogP contribution in [0.4, 0.5) is 11.8 Å². The Morgan fingerprint density at radius 2 is 1.91 bits per heavy atom. The zero-order chi connectivity index (χ0) is 15.9. The van der Waals surface area contributed by atoms with Gasteiger partial charge in [-0.1, -0.05) is 6.07 Å². The average Bonchev–Trinajstić information content (AvgIpc) is 2.61. The minimum Gasteiger partial charge on any atom is -0.383 e. The fourth-order valence-electron chi connectivity index (χ4n) is 2.01. The van der Waals surface area contributed by atoms with E-state index in [4.69, 9.17) is 4.74 Å². The van der Waals surface area contributed by atoms with Gasteiger partial charge in [0.05, 0.1) is 18.8 Å². The molecule has 3 rings (SSSR count). The first kappa shape index (κ1) is 15.0. The molecule has 0 aromatic carbocycles. The number of anilines is 2. The van der Waals surface area contributed by atoms with Gasteiger partial charge in [-0.2, -0.15) is 9.97 Å². The van der Waals surface area contributed by atoms with E-state index in [9.17, 15) is 0 Å². The SMILES string of the molecule is COCCNc1nc(NCc2ccccn2)nc2nccnc12. The summed E-state index contributed by atoms with van der Waals surface area (Å²) in [6.07, 6.45) is 4.98. The van der Waals surface area contributed by atoms with Crippen LogP contribution < -0.4 is 10.6 Å². The number of nitrogens with zero attached hydrogens (tertiary/aromatic N) is 5. The largest absolute Gasteiger partial charge is 0.383 e. The molecule has 0 unspecified atom stereocenters. The van der Waals surface area contributed by atoms with Crippen molar-refractivity contribution in [2.45, 2.75) is 6.54 Å². The van der Waals surface area contributed by atoms with Crippen molar-refractivity contribution in [2.24, 2.45) is 0 Å². The lowest BCUT2D eigenvalue weighted by Crippen LogP contribution is -2.12. The number of ether oxygens (including phenoxy) is 1. The predicted molar refractivity (Wildman–Crippen MR) is 87.1 cm³/mol. The molecule has 8 nitrogen and oxygen atoms in total. The number of aromatic nitrogens is 5. The lowest BCUT2D eigenvalue weighted by Gasteiger charge is -2.10. The van der Waals surface area contributed by atoms with Crippen LogP contribution >= 0.6 is 0 Å². The van der Waals surface area contributed by atoms with E-state index in [1.807, 2.05) is 18.2 Å². The molecule has 0 spiro atoms. The lowest BCUT2D eigenvalue weighted by molar-refractivity contribution is 0.210. The summed E-state index contributed by atoms with van der Waals surface area (Å²) in [5, 5.41) is 6.35. The van der Waals surface area contributed by atoms with E-state index < -0.39 is 0 Å². The molecule has 0 aliphatic rings. The second-order valence-electron chi connectivity index (χ2n) is 4.72. The molecule has 8 heteroatoms. The minimum atomic E-state index is 0.476. The van der Waals surface area contributed by atoms with Gasteiger partial charge in [-0.15, -0.1) is 0 Å². The molecular formula is C15H17N7O. The second kappa shape index (κ2) is 7.41. The predicted octanol–water partition coefficient (Wildman–Crippen LogP) is 1.49. The van der Waals surface area contributed by atoms with Gasteiger partial charge in [0, 0.05) is 32.2 Å². The van der Waals surface area contributed by atoms with E-state index >= 15 is 0 Å². The first-order valence-corrected chi connectivity index (χ1v) is 7.22. The zero-order valence-corrected chi connectivity index (χ0v) is 12.7. The highest BCUT2D eigenvalue weighted by Crippen LogP contribution is 2.18. The van der Waals surface area contributed by atoms with Crippen LogP contribution in [-0.4, -0.2) is 45.2 Å². The first-order chi connectivity index (χ1) is 11.4. The third-order valence-electron chi connectivity index (χ3n) is 3.09. The number of methoxy groups -OCH3 is 1. The summed E-state index contributed by atoms with van der Waals surface area (Å²) in [6.45, 7) is 1.73. The van der Waals surface area contributed by atoms with Gasteiger partial charge < -0.3 is 15.4 Å². The van der Waals surface area contributed by atoms with E-state index in [1.54, 1.807) is 25.7 Å². The van der Waals surface area contributed by atoms with Gasteiger partial charge in [-0.25, -0.2) is 9.97 Å². The maximum atomic E-state index is 5.05. The third-order valence-corrected chi connectivity index (χ3v) is 3.09. The molecule has 0 saturated heterocycles. The number of fused-ring (bicyclic) bond motifs is 1. The van der Waals surface area contributed by atoms with E-state index in [0.29, 0.717) is 42.6 Å². The highest BCUT2D eigenvalue weighted by molar-refractivity contribution is 5.83. The number of rotatable bonds is 7. The summed E-state index contributed by atoms with van der Waals surface area (Å²) in [5.41, 5.74) is 2.07. The van der Waals surface area contributed by atoms with Gasteiger partial charge in [0.2, 0.25) is 5.95 Å². The normalized spacial score (nSPS) is 10.7. The highest BCUT2D eigenvalue weighted by Gasteiger charge is 2.09. The maximum Gasteiger partial charge on any atom is 0.227 e. The monoisotopic (exact) mass is 311 g/mol. The van der Waals surface area contributed by atoms with Crippen molar-refractivity contribution >= 4 is 22.9 Å². The number of pyridine rings is 1. The van der Waals surface area contributed by atoms with Gasteiger partial charge >= 0.3 is 0 Å². The van der Waals surface area contributed by atoms with E-state index in [1.165, 1.54) is 0 Å². The standard InChI is InChI=1S/C15H17N7O/c1-23-9-8-19-14-12-13(18-7-6-17-12)21-15(22-14)20-10-11-4-2-3-5-16-11/h2-7H,8-10H2,1H3,(H2,18,19,20,21,22). The van der Waals surface area contributed by atoms with Gasteiger partial charge in [0.1, 0.15) is 0 Å². The van der Waals surface area contributed by atoms with Gasteiger partial charge in [0.15, 0.2) is 17.0 Å². The van der Waals surface area contributed by atoms with Crippen LogP contribution in [0.3, 0.4) is 0 Å². The van der Waals surface area contributed by atoms with Crippen LogP contribution in [0.25, 0.3) is 11.2 Å². The van der Waals surface area contributed by atoms with Crippen molar-refractivity contribution in [2.75, 3.05) is 30.9 Å². The molecule has 118 valence electrons. The van der Waals surface area contributed by atoms with Crippen molar-refractivity contribution in [3.63, 3.8) is 0 Å². The fraction of sp³-hybridized carbons (Fsp3) is 0.267. The number of nitrogens with one attached hydrogen (secondary N) is 2. The molecule has 2 N–H and O–H groups in total. The maximum absolute atomic E-state index is 5.05. The van der Waals surface area contributed by atoms with Crippen molar-refractivity contribution in [3.8, 4) is 0 Å². The summed E-state index contributed by atoms with van der Waals surface area (Å²) in [7, 11) is 1.65. The Hall–Kier alpha value is -2.87. The molecule has 23 heavy (non-hydrogen) atoms. The zero-order valence-electron chi connectivity index (χ0n) is 12.7. The molecule has 0 aliphatic carbocycles. The summed E-state index contributed by atoms with van der Waals surface area (Å²) in [4.78, 5) is 21.6. The second-order valence-corrected chi connectivity index (χ2v) is 4.72. The Morgan fingerprint density at radius 1 is 1.00 bits per heavy atom. The molecule has 3 aromatic heterocycles. The molecule has 3 heterocycles. The van der Waals surface area contributed by atoms with Crippen LogP contribution in [0, 0.1) is 0 Å². The van der Waals surface area contributed by atoms with Gasteiger partial charge in [-0.05, 0) is 12.1 Å². The molecule has 0 atom stereocenters. The molecule has 0 fully saturated rings. The average molecular weight is 311 g/mol. The van der Waals surface area contributed by atoms with Crippen LogP contribution in [0.1, 0.15) is 5.69 Å². The van der Waals surface area contributed by atoms with Crippen LogP contribution in [-0.2, 0) is 11.3 Å². The summed E-state index contributed by atoms with van der Waals surface area (Å²) in [6, 6.07) is 5.75. The smallest absolute Gasteiger partial charge is 0.227 e.